The lowest BCUT2D eigenvalue weighted by molar-refractivity contribution is -0.132. The highest BCUT2D eigenvalue weighted by Gasteiger charge is 2.29. The van der Waals surface area contributed by atoms with Gasteiger partial charge in [0.25, 0.3) is 17.7 Å². The highest BCUT2D eigenvalue weighted by Crippen LogP contribution is 2.23. The van der Waals surface area contributed by atoms with E-state index in [9.17, 15) is 4.79 Å². The Bertz CT molecular complexity index is 683. The van der Waals surface area contributed by atoms with Crippen molar-refractivity contribution in [1.82, 2.24) is 19.9 Å². The van der Waals surface area contributed by atoms with Gasteiger partial charge < -0.3 is 19.1 Å². The molecule has 2 aromatic rings. The highest BCUT2D eigenvalue weighted by molar-refractivity contribution is 5.78. The fourth-order valence-electron chi connectivity index (χ4n) is 2.41. The Morgan fingerprint density at radius 2 is 2.12 bits per heavy atom. The number of rotatable bonds is 6. The summed E-state index contributed by atoms with van der Waals surface area (Å²) in [6.07, 6.45) is 6.88. The van der Waals surface area contributed by atoms with E-state index >= 15 is 0 Å². The van der Waals surface area contributed by atoms with Crippen molar-refractivity contribution in [1.29, 1.82) is 0 Å². The van der Waals surface area contributed by atoms with Gasteiger partial charge in [-0.15, -0.1) is 0 Å². The van der Waals surface area contributed by atoms with Crippen LogP contribution in [-0.4, -0.2) is 58.7 Å². The maximum absolute atomic E-state index is 12.2. The lowest BCUT2D eigenvalue weighted by atomic mass is 10.3. The van der Waals surface area contributed by atoms with E-state index in [0.717, 1.165) is 6.42 Å². The summed E-state index contributed by atoms with van der Waals surface area (Å²) in [4.78, 5) is 26.0. The predicted molar refractivity (Wildman–Crippen MR) is 83.9 cm³/mol. The molecule has 0 spiro atoms. The molecule has 8 heteroatoms. The van der Waals surface area contributed by atoms with Crippen LogP contribution in [0.4, 0.5) is 0 Å². The van der Waals surface area contributed by atoms with Gasteiger partial charge in [0.2, 0.25) is 0 Å². The van der Waals surface area contributed by atoms with Crippen LogP contribution in [0.3, 0.4) is 0 Å². The molecule has 0 aromatic carbocycles. The van der Waals surface area contributed by atoms with Crippen molar-refractivity contribution < 1.29 is 19.0 Å². The van der Waals surface area contributed by atoms with Gasteiger partial charge in [0, 0.05) is 31.6 Å². The minimum atomic E-state index is -0.141. The van der Waals surface area contributed by atoms with Gasteiger partial charge in [-0.2, -0.15) is 0 Å². The van der Waals surface area contributed by atoms with Crippen LogP contribution in [-0.2, 0) is 4.79 Å². The summed E-state index contributed by atoms with van der Waals surface area (Å²) in [6.45, 7) is 1.07. The number of pyridine rings is 1. The van der Waals surface area contributed by atoms with Crippen LogP contribution in [0.2, 0.25) is 0 Å². The van der Waals surface area contributed by atoms with E-state index in [4.69, 9.17) is 14.2 Å². The summed E-state index contributed by atoms with van der Waals surface area (Å²) >= 11 is 0. The van der Waals surface area contributed by atoms with Crippen molar-refractivity contribution in [2.75, 3.05) is 26.8 Å². The van der Waals surface area contributed by atoms with Crippen LogP contribution in [0, 0.1) is 0 Å². The van der Waals surface area contributed by atoms with Crippen LogP contribution in [0.1, 0.15) is 6.42 Å². The molecule has 0 radical (unpaired) electrons. The molecule has 0 aliphatic carbocycles. The number of ether oxygens (including phenoxy) is 3. The summed E-state index contributed by atoms with van der Waals surface area (Å²) in [5, 5.41) is 0. The first-order chi connectivity index (χ1) is 11.8. The molecule has 1 aliphatic heterocycles. The van der Waals surface area contributed by atoms with Crippen molar-refractivity contribution in [2.45, 2.75) is 12.5 Å². The maximum Gasteiger partial charge on any atom is 0.278 e. The largest absolute Gasteiger partial charge is 0.482 e. The summed E-state index contributed by atoms with van der Waals surface area (Å²) in [5.41, 5.74) is 0. The molecule has 8 nitrogen and oxygen atoms in total. The van der Waals surface area contributed by atoms with E-state index in [1.54, 1.807) is 29.4 Å². The molecule has 24 heavy (non-hydrogen) atoms. The summed E-state index contributed by atoms with van der Waals surface area (Å²) in [7, 11) is 1.51. The van der Waals surface area contributed by atoms with Crippen LogP contribution in [0.5, 0.6) is 17.5 Å². The molecule has 1 fully saturated rings. The van der Waals surface area contributed by atoms with E-state index in [-0.39, 0.29) is 18.6 Å². The fourth-order valence-corrected chi connectivity index (χ4v) is 2.41. The lowest BCUT2D eigenvalue weighted by Crippen LogP contribution is -2.34. The molecule has 1 atom stereocenters. The lowest BCUT2D eigenvalue weighted by Gasteiger charge is -2.17. The molecular formula is C16H18N4O4. The second-order valence-corrected chi connectivity index (χ2v) is 5.22. The Labute approximate surface area is 139 Å². The minimum absolute atomic E-state index is 0.0210. The molecule has 2 aromatic heterocycles. The number of carbonyl (C=O) groups excluding carboxylic acids is 1. The number of aromatic nitrogens is 3. The molecular weight excluding hydrogens is 312 g/mol. The number of methoxy groups -OCH3 is 1. The topological polar surface area (TPSA) is 86.7 Å². The van der Waals surface area contributed by atoms with Gasteiger partial charge in [-0.1, -0.05) is 0 Å². The first kappa shape index (κ1) is 16.0. The first-order valence-electron chi connectivity index (χ1n) is 7.58. The van der Waals surface area contributed by atoms with Crippen molar-refractivity contribution in [2.24, 2.45) is 0 Å². The van der Waals surface area contributed by atoms with E-state index in [1.165, 1.54) is 19.5 Å². The molecule has 0 bridgehead atoms. The highest BCUT2D eigenvalue weighted by atomic mass is 16.5. The summed E-state index contributed by atoms with van der Waals surface area (Å²) in [5.74, 6) is 1.16. The van der Waals surface area contributed by atoms with Crippen LogP contribution < -0.4 is 14.2 Å². The first-order valence-corrected chi connectivity index (χ1v) is 7.58. The smallest absolute Gasteiger partial charge is 0.278 e. The van der Waals surface area contributed by atoms with E-state index < -0.39 is 0 Å². The molecule has 1 amide bonds. The average Bonchev–Trinajstić information content (AvgIpc) is 3.10. The molecule has 3 rings (SSSR count). The third kappa shape index (κ3) is 3.89. The van der Waals surface area contributed by atoms with Crippen LogP contribution >= 0.6 is 0 Å². The number of amides is 1. The number of hydrogen-bond acceptors (Lipinski definition) is 7. The van der Waals surface area contributed by atoms with E-state index in [0.29, 0.717) is 30.6 Å². The van der Waals surface area contributed by atoms with Gasteiger partial charge in [0.05, 0.1) is 19.9 Å². The average molecular weight is 330 g/mol. The number of hydrogen-bond donors (Lipinski definition) is 0. The Balaban J connectivity index is 1.50. The quantitative estimate of drug-likeness (QED) is 0.779. The Hall–Kier alpha value is -2.90. The fraction of sp³-hybridized carbons (Fsp3) is 0.375. The normalized spacial score (nSPS) is 16.7. The van der Waals surface area contributed by atoms with Gasteiger partial charge >= 0.3 is 0 Å². The number of likely N-dealkylation sites (tertiary alicyclic amines) is 1. The van der Waals surface area contributed by atoms with Gasteiger partial charge in [0.1, 0.15) is 11.9 Å². The standard InChI is InChI=1S/C16H18N4O4/c1-22-15-16(19-7-6-18-15)24-13-4-8-20(10-13)14(21)11-23-12-3-2-5-17-9-12/h2-3,5-7,9,13H,4,8,10-11H2,1H3. The van der Waals surface area contributed by atoms with Crippen molar-refractivity contribution in [3.63, 3.8) is 0 Å². The molecule has 1 saturated heterocycles. The second kappa shape index (κ2) is 7.58. The zero-order valence-electron chi connectivity index (χ0n) is 13.3. The van der Waals surface area contributed by atoms with E-state index in [2.05, 4.69) is 15.0 Å². The Kier molecular flexibility index (Phi) is 5.05. The van der Waals surface area contributed by atoms with Crippen molar-refractivity contribution in [3.8, 4) is 17.5 Å². The van der Waals surface area contributed by atoms with Gasteiger partial charge in [-0.05, 0) is 12.1 Å². The van der Waals surface area contributed by atoms with Crippen molar-refractivity contribution in [3.05, 3.63) is 36.9 Å². The molecule has 126 valence electrons. The van der Waals surface area contributed by atoms with Gasteiger partial charge in [0.15, 0.2) is 6.61 Å². The third-order valence-corrected chi connectivity index (χ3v) is 3.60. The second-order valence-electron chi connectivity index (χ2n) is 5.22. The Morgan fingerprint density at radius 1 is 1.29 bits per heavy atom. The van der Waals surface area contributed by atoms with Crippen LogP contribution in [0.15, 0.2) is 36.9 Å². The molecule has 3 heterocycles. The SMILES string of the molecule is COc1nccnc1OC1CCN(C(=O)COc2cccnc2)C1. The minimum Gasteiger partial charge on any atom is -0.482 e. The summed E-state index contributed by atoms with van der Waals surface area (Å²) < 4.78 is 16.3. The predicted octanol–water partition coefficient (Wildman–Crippen LogP) is 0.939. The third-order valence-electron chi connectivity index (χ3n) is 3.60. The summed E-state index contributed by atoms with van der Waals surface area (Å²) in [6, 6.07) is 3.52. The van der Waals surface area contributed by atoms with E-state index in [1.807, 2.05) is 0 Å². The van der Waals surface area contributed by atoms with Crippen molar-refractivity contribution >= 4 is 5.91 Å². The number of nitrogens with zero attached hydrogens (tertiary/aromatic N) is 4. The molecule has 1 aliphatic rings. The molecule has 1 unspecified atom stereocenters. The monoisotopic (exact) mass is 330 g/mol. The Morgan fingerprint density at radius 3 is 2.88 bits per heavy atom. The van der Waals surface area contributed by atoms with Crippen LogP contribution in [0.25, 0.3) is 0 Å². The maximum atomic E-state index is 12.2. The molecule has 0 N–H and O–H groups in total. The zero-order chi connectivity index (χ0) is 16.8. The van der Waals surface area contributed by atoms with Gasteiger partial charge in [-0.25, -0.2) is 9.97 Å². The number of carbonyl (C=O) groups is 1. The van der Waals surface area contributed by atoms with Gasteiger partial charge in [-0.3, -0.25) is 9.78 Å². The molecule has 0 saturated carbocycles. The zero-order valence-corrected chi connectivity index (χ0v) is 13.3.